The smallest absolute Gasteiger partial charge is 0.226 e. The summed E-state index contributed by atoms with van der Waals surface area (Å²) in [5.74, 6) is 0.451. The lowest BCUT2D eigenvalue weighted by molar-refractivity contribution is 0.745. The lowest BCUT2D eigenvalue weighted by Crippen LogP contribution is -2.24. The molecule has 1 rings (SSSR count). The molecule has 0 heterocycles. The zero-order valence-corrected chi connectivity index (χ0v) is 12.5. The fourth-order valence-corrected chi connectivity index (χ4v) is 1.99. The molecule has 0 aromatic heterocycles. The average molecular weight is 272 g/mol. The normalized spacial score (nSPS) is 11.0. The Labute approximate surface area is 121 Å². The Morgan fingerprint density at radius 2 is 1.80 bits per heavy atom. The molecule has 0 aliphatic carbocycles. The highest BCUT2D eigenvalue weighted by molar-refractivity contribution is 5.96. The maximum absolute atomic E-state index is 3.98. The largest absolute Gasteiger partial charge is 0.372 e. The van der Waals surface area contributed by atoms with Crippen LogP contribution in [0.2, 0.25) is 0 Å². The molecular formula is C16H24N4. The van der Waals surface area contributed by atoms with E-state index < -0.39 is 0 Å². The third-order valence-corrected chi connectivity index (χ3v) is 2.84. The Balaban J connectivity index is 2.78. The van der Waals surface area contributed by atoms with E-state index in [1.165, 1.54) is 11.9 Å². The summed E-state index contributed by atoms with van der Waals surface area (Å²) in [4.78, 5) is 10.2. The maximum atomic E-state index is 3.98. The van der Waals surface area contributed by atoms with Gasteiger partial charge in [0.25, 0.3) is 0 Å². The number of anilines is 2. The van der Waals surface area contributed by atoms with Gasteiger partial charge in [-0.3, -0.25) is 0 Å². The van der Waals surface area contributed by atoms with E-state index in [0.717, 1.165) is 31.6 Å². The van der Waals surface area contributed by atoms with Crippen molar-refractivity contribution in [1.82, 2.24) is 0 Å². The fourth-order valence-electron chi connectivity index (χ4n) is 1.99. The van der Waals surface area contributed by atoms with Gasteiger partial charge >= 0.3 is 0 Å². The van der Waals surface area contributed by atoms with Gasteiger partial charge in [-0.05, 0) is 43.8 Å². The molecule has 1 N–H and O–H groups in total. The van der Waals surface area contributed by atoms with Crippen LogP contribution in [0, 0.1) is 0 Å². The number of hydrogen-bond donors (Lipinski definition) is 1. The molecule has 0 amide bonds. The molecule has 0 aliphatic heterocycles. The molecule has 0 saturated heterocycles. The minimum Gasteiger partial charge on any atom is -0.372 e. The van der Waals surface area contributed by atoms with Gasteiger partial charge in [-0.25, -0.2) is 9.98 Å². The third-order valence-electron chi connectivity index (χ3n) is 2.84. The first-order valence-electron chi connectivity index (χ1n) is 7.02. The van der Waals surface area contributed by atoms with Crippen LogP contribution in [0.15, 0.2) is 47.0 Å². The van der Waals surface area contributed by atoms with Crippen molar-refractivity contribution in [3.63, 3.8) is 0 Å². The number of nitrogens with one attached hydrogen (secondary N) is 1. The van der Waals surface area contributed by atoms with Gasteiger partial charge < -0.3 is 10.2 Å². The van der Waals surface area contributed by atoms with Gasteiger partial charge in [0.1, 0.15) is 0 Å². The molecule has 1 aromatic carbocycles. The predicted molar refractivity (Wildman–Crippen MR) is 90.0 cm³/mol. The number of aliphatic imine (C=N–C) groups is 2. The van der Waals surface area contributed by atoms with E-state index in [-0.39, 0.29) is 0 Å². The van der Waals surface area contributed by atoms with Gasteiger partial charge in [-0.15, -0.1) is 0 Å². The van der Waals surface area contributed by atoms with Gasteiger partial charge in [0.2, 0.25) is 5.96 Å². The summed E-state index contributed by atoms with van der Waals surface area (Å²) in [6.07, 6.45) is 3.74. The average Bonchev–Trinajstić information content (AvgIpc) is 2.47. The van der Waals surface area contributed by atoms with Crippen LogP contribution < -0.4 is 10.2 Å². The predicted octanol–water partition coefficient (Wildman–Crippen LogP) is 3.93. The first-order valence-corrected chi connectivity index (χ1v) is 7.02. The standard InChI is InChI=1S/C16H24N4/c1-5-12-20(13-6-2)15-10-8-14(9-11-15)19-16(17-4)18-7-3/h7-11H,3-6,12-13H2,1-2H3,(H,18,19). The molecule has 4 heteroatoms. The van der Waals surface area contributed by atoms with Crippen molar-refractivity contribution < 1.29 is 0 Å². The molecule has 0 fully saturated rings. The molecule has 0 atom stereocenters. The summed E-state index contributed by atoms with van der Waals surface area (Å²) in [7, 11) is 0. The molecular weight excluding hydrogens is 248 g/mol. The Bertz CT molecular complexity index is 442. The third kappa shape index (κ3) is 4.88. The molecule has 1 aromatic rings. The van der Waals surface area contributed by atoms with Crippen molar-refractivity contribution in [2.75, 3.05) is 23.3 Å². The van der Waals surface area contributed by atoms with E-state index in [1.807, 2.05) is 12.1 Å². The van der Waals surface area contributed by atoms with Crippen molar-refractivity contribution in [1.29, 1.82) is 0 Å². The van der Waals surface area contributed by atoms with E-state index >= 15 is 0 Å². The van der Waals surface area contributed by atoms with Crippen molar-refractivity contribution in [3.8, 4) is 0 Å². The van der Waals surface area contributed by atoms with Crippen LogP contribution in [0.4, 0.5) is 11.4 Å². The van der Waals surface area contributed by atoms with E-state index in [1.54, 1.807) is 0 Å². The molecule has 0 bridgehead atoms. The second-order valence-electron chi connectivity index (χ2n) is 4.45. The second-order valence-corrected chi connectivity index (χ2v) is 4.45. The van der Waals surface area contributed by atoms with Crippen molar-refractivity contribution >= 4 is 24.1 Å². The zero-order valence-electron chi connectivity index (χ0n) is 12.5. The van der Waals surface area contributed by atoms with E-state index in [9.17, 15) is 0 Å². The number of rotatable bonds is 7. The monoisotopic (exact) mass is 272 g/mol. The first kappa shape index (κ1) is 16.0. The highest BCUT2D eigenvalue weighted by Gasteiger charge is 2.04. The topological polar surface area (TPSA) is 40.0 Å². The second kappa shape index (κ2) is 8.91. The molecule has 0 radical (unpaired) electrons. The van der Waals surface area contributed by atoms with Crippen LogP contribution in [-0.4, -0.2) is 25.8 Å². The van der Waals surface area contributed by atoms with Gasteiger partial charge in [0, 0.05) is 30.7 Å². The van der Waals surface area contributed by atoms with Gasteiger partial charge in [0.05, 0.1) is 0 Å². The van der Waals surface area contributed by atoms with E-state index in [0.29, 0.717) is 5.96 Å². The summed E-state index contributed by atoms with van der Waals surface area (Å²) in [6.45, 7) is 13.6. The van der Waals surface area contributed by atoms with Crippen molar-refractivity contribution in [2.45, 2.75) is 26.7 Å². The molecule has 4 nitrogen and oxygen atoms in total. The van der Waals surface area contributed by atoms with Crippen LogP contribution in [0.3, 0.4) is 0 Å². The Hall–Kier alpha value is -2.10. The molecule has 108 valence electrons. The summed E-state index contributed by atoms with van der Waals surface area (Å²) in [5, 5.41) is 3.09. The zero-order chi connectivity index (χ0) is 14.8. The van der Waals surface area contributed by atoms with Gasteiger partial charge in [-0.2, -0.15) is 0 Å². The van der Waals surface area contributed by atoms with Crippen molar-refractivity contribution in [3.05, 3.63) is 37.0 Å². The molecule has 0 unspecified atom stereocenters. The maximum Gasteiger partial charge on any atom is 0.226 e. The lowest BCUT2D eigenvalue weighted by Gasteiger charge is -2.24. The van der Waals surface area contributed by atoms with Crippen LogP contribution in [0.1, 0.15) is 26.7 Å². The SMILES string of the molecule is C=CN=C(N=C)Nc1ccc(N(CCC)CCC)cc1. The van der Waals surface area contributed by atoms with E-state index in [4.69, 9.17) is 0 Å². The fraction of sp³-hybridized carbons (Fsp3) is 0.375. The summed E-state index contributed by atoms with van der Waals surface area (Å²) in [6, 6.07) is 8.28. The number of nitrogens with zero attached hydrogens (tertiary/aromatic N) is 3. The minimum atomic E-state index is 0.451. The van der Waals surface area contributed by atoms with Crippen LogP contribution in [0.25, 0.3) is 0 Å². The molecule has 0 saturated carbocycles. The first-order chi connectivity index (χ1) is 9.74. The Morgan fingerprint density at radius 3 is 2.25 bits per heavy atom. The molecule has 20 heavy (non-hydrogen) atoms. The van der Waals surface area contributed by atoms with Crippen LogP contribution in [-0.2, 0) is 0 Å². The van der Waals surface area contributed by atoms with Crippen LogP contribution in [0.5, 0.6) is 0 Å². The summed E-state index contributed by atoms with van der Waals surface area (Å²) in [5.41, 5.74) is 2.18. The molecule has 0 aliphatic rings. The lowest BCUT2D eigenvalue weighted by atomic mass is 10.2. The van der Waals surface area contributed by atoms with Crippen LogP contribution >= 0.6 is 0 Å². The highest BCUT2D eigenvalue weighted by atomic mass is 15.1. The van der Waals surface area contributed by atoms with E-state index in [2.05, 4.69) is 59.5 Å². The minimum absolute atomic E-state index is 0.451. The number of hydrogen-bond acceptors (Lipinski definition) is 2. The highest BCUT2D eigenvalue weighted by Crippen LogP contribution is 2.18. The van der Waals surface area contributed by atoms with Crippen molar-refractivity contribution in [2.24, 2.45) is 9.98 Å². The summed E-state index contributed by atoms with van der Waals surface area (Å²) < 4.78 is 0. The Morgan fingerprint density at radius 1 is 1.20 bits per heavy atom. The van der Waals surface area contributed by atoms with Gasteiger partial charge in [0.15, 0.2) is 0 Å². The number of guanidine groups is 1. The molecule has 0 spiro atoms. The summed E-state index contributed by atoms with van der Waals surface area (Å²) >= 11 is 0. The Kier molecular flexibility index (Phi) is 7.11. The van der Waals surface area contributed by atoms with Gasteiger partial charge in [-0.1, -0.05) is 20.4 Å². The number of benzene rings is 1. The quantitative estimate of drug-likeness (QED) is 0.603.